The van der Waals surface area contributed by atoms with E-state index < -0.39 is 0 Å². The fraction of sp³-hybridized carbons (Fsp3) is 0.333. The summed E-state index contributed by atoms with van der Waals surface area (Å²) in [6.07, 6.45) is 0.840. The van der Waals surface area contributed by atoms with Crippen LogP contribution in [0.5, 0.6) is 0 Å². The molecule has 0 unspecified atom stereocenters. The van der Waals surface area contributed by atoms with Gasteiger partial charge in [-0.3, -0.25) is 0 Å². The maximum absolute atomic E-state index is 12.9. The van der Waals surface area contributed by atoms with Gasteiger partial charge in [0, 0.05) is 0 Å². The zero-order valence-electron chi connectivity index (χ0n) is 6.47. The smallest absolute Gasteiger partial charge is 0.126 e. The van der Waals surface area contributed by atoms with Crippen molar-refractivity contribution in [2.24, 2.45) is 0 Å². The second kappa shape index (κ2) is 3.77. The third kappa shape index (κ3) is 1.96. The number of aryl methyl sites for hydroxylation is 1. The minimum Gasteiger partial charge on any atom is -0.207 e. The van der Waals surface area contributed by atoms with Crippen LogP contribution in [0, 0.1) is 12.7 Å². The Morgan fingerprint density at radius 3 is 2.82 bits per heavy atom. The topological polar surface area (TPSA) is 0 Å². The standard InChI is InChI=1S/C9H11FS/c1-7-8(5-6-11)3-2-4-9(7)10/h2-4,11H,5-6H2,1H3. The molecule has 0 amide bonds. The monoisotopic (exact) mass is 170 g/mol. The lowest BCUT2D eigenvalue weighted by Gasteiger charge is -2.03. The first kappa shape index (κ1) is 8.60. The van der Waals surface area contributed by atoms with Gasteiger partial charge in [0.1, 0.15) is 5.82 Å². The first-order chi connectivity index (χ1) is 5.25. The molecule has 0 aliphatic rings. The zero-order valence-corrected chi connectivity index (χ0v) is 7.37. The van der Waals surface area contributed by atoms with E-state index in [1.54, 1.807) is 13.0 Å². The number of hydrogen-bond donors (Lipinski definition) is 1. The molecule has 60 valence electrons. The van der Waals surface area contributed by atoms with E-state index in [0.29, 0.717) is 0 Å². The molecule has 2 heteroatoms. The molecule has 0 radical (unpaired) electrons. The van der Waals surface area contributed by atoms with E-state index in [0.717, 1.165) is 23.3 Å². The van der Waals surface area contributed by atoms with Gasteiger partial charge in [-0.25, -0.2) is 4.39 Å². The molecule has 11 heavy (non-hydrogen) atoms. The Kier molecular flexibility index (Phi) is 2.94. The van der Waals surface area contributed by atoms with Gasteiger partial charge in [0.15, 0.2) is 0 Å². The summed E-state index contributed by atoms with van der Waals surface area (Å²) in [6.45, 7) is 1.80. The minimum atomic E-state index is -0.121. The Morgan fingerprint density at radius 2 is 2.18 bits per heavy atom. The third-order valence-corrected chi connectivity index (χ3v) is 1.98. The second-order valence-corrected chi connectivity index (χ2v) is 2.94. The number of halogens is 1. The zero-order chi connectivity index (χ0) is 8.27. The van der Waals surface area contributed by atoms with E-state index in [-0.39, 0.29) is 5.82 Å². The third-order valence-electron chi connectivity index (χ3n) is 1.76. The average Bonchev–Trinajstić information content (AvgIpc) is 1.99. The van der Waals surface area contributed by atoms with Crippen LogP contribution in [0.4, 0.5) is 4.39 Å². The van der Waals surface area contributed by atoms with Crippen molar-refractivity contribution in [2.75, 3.05) is 5.75 Å². The summed E-state index contributed by atoms with van der Waals surface area (Å²) in [6, 6.07) is 5.16. The maximum atomic E-state index is 12.9. The maximum Gasteiger partial charge on any atom is 0.126 e. The summed E-state index contributed by atoms with van der Waals surface area (Å²) in [5.74, 6) is 0.647. The van der Waals surface area contributed by atoms with Crippen molar-refractivity contribution in [2.45, 2.75) is 13.3 Å². The number of hydrogen-bond acceptors (Lipinski definition) is 1. The molecular formula is C9H11FS. The van der Waals surface area contributed by atoms with E-state index in [2.05, 4.69) is 12.6 Å². The molecule has 0 aromatic heterocycles. The van der Waals surface area contributed by atoms with Gasteiger partial charge < -0.3 is 0 Å². The summed E-state index contributed by atoms with van der Waals surface area (Å²) in [5.41, 5.74) is 1.81. The van der Waals surface area contributed by atoms with Crippen LogP contribution < -0.4 is 0 Å². The summed E-state index contributed by atoms with van der Waals surface area (Å²) in [4.78, 5) is 0. The normalized spacial score (nSPS) is 10.1. The highest BCUT2D eigenvalue weighted by Crippen LogP contribution is 2.12. The molecule has 0 N–H and O–H groups in total. The number of thiol groups is 1. The van der Waals surface area contributed by atoms with Crippen LogP contribution in [-0.2, 0) is 6.42 Å². The van der Waals surface area contributed by atoms with Crippen LogP contribution in [0.2, 0.25) is 0 Å². The molecule has 0 fully saturated rings. The number of rotatable bonds is 2. The summed E-state index contributed by atoms with van der Waals surface area (Å²) >= 11 is 4.09. The van der Waals surface area contributed by atoms with Crippen LogP contribution >= 0.6 is 12.6 Å². The SMILES string of the molecule is Cc1c(F)cccc1CCS. The molecule has 1 rings (SSSR count). The first-order valence-corrected chi connectivity index (χ1v) is 4.24. The van der Waals surface area contributed by atoms with Gasteiger partial charge in [-0.2, -0.15) is 12.6 Å². The average molecular weight is 170 g/mol. The molecule has 0 saturated carbocycles. The van der Waals surface area contributed by atoms with Crippen molar-refractivity contribution < 1.29 is 4.39 Å². The predicted molar refractivity (Wildman–Crippen MR) is 48.7 cm³/mol. The van der Waals surface area contributed by atoms with Gasteiger partial charge in [0.05, 0.1) is 0 Å². The Labute approximate surface area is 71.8 Å². The van der Waals surface area contributed by atoms with Crippen molar-refractivity contribution in [3.63, 3.8) is 0 Å². The van der Waals surface area contributed by atoms with Crippen molar-refractivity contribution in [1.29, 1.82) is 0 Å². The fourth-order valence-electron chi connectivity index (χ4n) is 1.04. The fourth-order valence-corrected chi connectivity index (χ4v) is 1.28. The lowest BCUT2D eigenvalue weighted by atomic mass is 10.1. The molecule has 0 saturated heterocycles. The van der Waals surface area contributed by atoms with Crippen molar-refractivity contribution in [3.05, 3.63) is 35.1 Å². The predicted octanol–water partition coefficient (Wildman–Crippen LogP) is 2.61. The molecule has 1 aromatic rings. The van der Waals surface area contributed by atoms with E-state index in [4.69, 9.17) is 0 Å². The molecule has 1 aromatic carbocycles. The van der Waals surface area contributed by atoms with Crippen molar-refractivity contribution >= 4 is 12.6 Å². The molecular weight excluding hydrogens is 159 g/mol. The van der Waals surface area contributed by atoms with Gasteiger partial charge in [0.25, 0.3) is 0 Å². The van der Waals surface area contributed by atoms with Gasteiger partial charge in [0.2, 0.25) is 0 Å². The molecule has 0 aliphatic heterocycles. The van der Waals surface area contributed by atoms with Gasteiger partial charge in [-0.1, -0.05) is 12.1 Å². The summed E-state index contributed by atoms with van der Waals surface area (Å²) in [5, 5.41) is 0. The highest BCUT2D eigenvalue weighted by molar-refractivity contribution is 7.80. The van der Waals surface area contributed by atoms with Gasteiger partial charge in [-0.05, 0) is 36.3 Å². The van der Waals surface area contributed by atoms with E-state index >= 15 is 0 Å². The highest BCUT2D eigenvalue weighted by Gasteiger charge is 2.00. The second-order valence-electron chi connectivity index (χ2n) is 2.50. The Morgan fingerprint density at radius 1 is 1.45 bits per heavy atom. The van der Waals surface area contributed by atoms with Crippen LogP contribution in [0.25, 0.3) is 0 Å². The van der Waals surface area contributed by atoms with Gasteiger partial charge in [-0.15, -0.1) is 0 Å². The number of benzene rings is 1. The Balaban J connectivity index is 2.96. The summed E-state index contributed by atoms with van der Waals surface area (Å²) < 4.78 is 12.9. The minimum absolute atomic E-state index is 0.121. The lowest BCUT2D eigenvalue weighted by Crippen LogP contribution is -1.93. The summed E-state index contributed by atoms with van der Waals surface area (Å²) in [7, 11) is 0. The molecule has 0 atom stereocenters. The molecule has 0 aliphatic carbocycles. The van der Waals surface area contributed by atoms with E-state index in [1.807, 2.05) is 6.07 Å². The van der Waals surface area contributed by atoms with Crippen LogP contribution in [0.3, 0.4) is 0 Å². The quantitative estimate of drug-likeness (QED) is 0.648. The van der Waals surface area contributed by atoms with Crippen molar-refractivity contribution in [1.82, 2.24) is 0 Å². The molecule has 0 spiro atoms. The molecule has 0 heterocycles. The van der Waals surface area contributed by atoms with Crippen LogP contribution in [0.1, 0.15) is 11.1 Å². The lowest BCUT2D eigenvalue weighted by molar-refractivity contribution is 0.616. The van der Waals surface area contributed by atoms with E-state index in [9.17, 15) is 4.39 Å². The van der Waals surface area contributed by atoms with E-state index in [1.165, 1.54) is 6.07 Å². The van der Waals surface area contributed by atoms with Crippen LogP contribution in [-0.4, -0.2) is 5.75 Å². The van der Waals surface area contributed by atoms with Crippen LogP contribution in [0.15, 0.2) is 18.2 Å². The first-order valence-electron chi connectivity index (χ1n) is 3.60. The molecule has 0 nitrogen and oxygen atoms in total. The van der Waals surface area contributed by atoms with Gasteiger partial charge >= 0.3 is 0 Å². The Bertz CT molecular complexity index is 245. The van der Waals surface area contributed by atoms with Crippen molar-refractivity contribution in [3.8, 4) is 0 Å². The molecule has 0 bridgehead atoms. The largest absolute Gasteiger partial charge is 0.207 e. The Hall–Kier alpha value is -0.500. The highest BCUT2D eigenvalue weighted by atomic mass is 32.1.